The highest BCUT2D eigenvalue weighted by atomic mass is 16.5. The van der Waals surface area contributed by atoms with Gasteiger partial charge in [0.1, 0.15) is 18.5 Å². The predicted molar refractivity (Wildman–Crippen MR) is 109 cm³/mol. The van der Waals surface area contributed by atoms with Gasteiger partial charge < -0.3 is 19.0 Å². The fourth-order valence-corrected chi connectivity index (χ4v) is 3.38. The van der Waals surface area contributed by atoms with E-state index in [2.05, 4.69) is 12.1 Å². The number of aliphatic hydroxyl groups is 1. The van der Waals surface area contributed by atoms with Gasteiger partial charge in [-0.2, -0.15) is 0 Å². The molecule has 1 aromatic heterocycles. The van der Waals surface area contributed by atoms with E-state index in [4.69, 9.17) is 10.1 Å². The van der Waals surface area contributed by atoms with E-state index in [9.17, 15) is 5.11 Å². The van der Waals surface area contributed by atoms with E-state index in [0.29, 0.717) is 18.7 Å². The summed E-state index contributed by atoms with van der Waals surface area (Å²) in [4.78, 5) is 0. The third kappa shape index (κ3) is 3.85. The van der Waals surface area contributed by atoms with Crippen LogP contribution in [0.1, 0.15) is 5.56 Å². The summed E-state index contributed by atoms with van der Waals surface area (Å²) in [6, 6.07) is 27.5. The van der Waals surface area contributed by atoms with Gasteiger partial charge in [0.2, 0.25) is 5.62 Å². The first-order valence-electron chi connectivity index (χ1n) is 9.35. The van der Waals surface area contributed by atoms with Gasteiger partial charge in [0.25, 0.3) is 0 Å². The van der Waals surface area contributed by atoms with Crippen molar-refractivity contribution in [2.75, 3.05) is 6.61 Å². The quantitative estimate of drug-likeness (QED) is 0.521. The molecule has 0 saturated carbocycles. The van der Waals surface area contributed by atoms with Crippen molar-refractivity contribution in [2.24, 2.45) is 0 Å². The lowest BCUT2D eigenvalue weighted by atomic mass is 10.2. The molecule has 0 aliphatic carbocycles. The van der Waals surface area contributed by atoms with Crippen LogP contribution in [0.15, 0.2) is 84.9 Å². The molecular weight excluding hydrogens is 350 g/mol. The predicted octanol–water partition coefficient (Wildman–Crippen LogP) is 3.41. The maximum atomic E-state index is 10.5. The van der Waals surface area contributed by atoms with Crippen LogP contribution in [-0.2, 0) is 13.1 Å². The van der Waals surface area contributed by atoms with E-state index < -0.39 is 6.10 Å². The normalized spacial score (nSPS) is 12.2. The monoisotopic (exact) mass is 373 g/mol. The van der Waals surface area contributed by atoms with Crippen LogP contribution in [0, 0.1) is 5.41 Å². The Kier molecular flexibility index (Phi) is 5.26. The highest BCUT2D eigenvalue weighted by molar-refractivity contribution is 5.76. The lowest BCUT2D eigenvalue weighted by molar-refractivity contribution is 0.0921. The second kappa shape index (κ2) is 8.15. The van der Waals surface area contributed by atoms with Crippen molar-refractivity contribution in [3.63, 3.8) is 0 Å². The Labute approximate surface area is 163 Å². The fraction of sp³-hybridized carbons (Fsp3) is 0.174. The van der Waals surface area contributed by atoms with E-state index in [0.717, 1.165) is 22.3 Å². The minimum atomic E-state index is -0.717. The van der Waals surface area contributed by atoms with Crippen molar-refractivity contribution in [1.82, 2.24) is 9.13 Å². The average Bonchev–Trinajstić information content (AvgIpc) is 3.00. The summed E-state index contributed by atoms with van der Waals surface area (Å²) in [6.07, 6.45) is -0.717. The molecule has 0 aliphatic rings. The third-order valence-electron chi connectivity index (χ3n) is 4.74. The number of fused-ring (bicyclic) bond motifs is 1. The number of para-hydroxylation sites is 3. The number of aliphatic hydroxyl groups excluding tert-OH is 1. The maximum Gasteiger partial charge on any atom is 0.203 e. The van der Waals surface area contributed by atoms with Crippen LogP contribution >= 0.6 is 0 Å². The highest BCUT2D eigenvalue weighted by Gasteiger charge is 2.14. The minimum Gasteiger partial charge on any atom is -0.491 e. The highest BCUT2D eigenvalue weighted by Crippen LogP contribution is 2.15. The summed E-state index contributed by atoms with van der Waals surface area (Å²) in [5.74, 6) is 0.726. The Hall–Kier alpha value is -3.31. The molecule has 28 heavy (non-hydrogen) atoms. The van der Waals surface area contributed by atoms with Gasteiger partial charge in [-0.25, -0.2) is 0 Å². The summed E-state index contributed by atoms with van der Waals surface area (Å²) in [6.45, 7) is 1.09. The summed E-state index contributed by atoms with van der Waals surface area (Å²) in [7, 11) is 0. The Balaban J connectivity index is 1.58. The van der Waals surface area contributed by atoms with Crippen LogP contribution in [0.5, 0.6) is 5.75 Å². The molecule has 3 aromatic carbocycles. The molecule has 0 amide bonds. The first kappa shape index (κ1) is 18.1. The second-order valence-electron chi connectivity index (χ2n) is 6.77. The van der Waals surface area contributed by atoms with E-state index >= 15 is 0 Å². The third-order valence-corrected chi connectivity index (χ3v) is 4.74. The van der Waals surface area contributed by atoms with Crippen LogP contribution in [0.25, 0.3) is 11.0 Å². The van der Waals surface area contributed by atoms with Gasteiger partial charge in [-0.3, -0.25) is 5.41 Å². The van der Waals surface area contributed by atoms with Gasteiger partial charge in [0.05, 0.1) is 24.1 Å². The molecule has 4 aromatic rings. The molecule has 0 saturated heterocycles. The number of imidazole rings is 1. The number of hydrogen-bond acceptors (Lipinski definition) is 3. The number of ether oxygens (including phenoxy) is 1. The molecule has 2 N–H and O–H groups in total. The van der Waals surface area contributed by atoms with Gasteiger partial charge in [-0.1, -0.05) is 60.7 Å². The Bertz CT molecular complexity index is 1100. The lowest BCUT2D eigenvalue weighted by Gasteiger charge is -2.13. The fourth-order valence-electron chi connectivity index (χ4n) is 3.38. The first-order chi connectivity index (χ1) is 13.7. The molecule has 0 unspecified atom stereocenters. The summed E-state index contributed by atoms with van der Waals surface area (Å²) in [5, 5.41) is 19.2. The second-order valence-corrected chi connectivity index (χ2v) is 6.77. The maximum absolute atomic E-state index is 10.5. The van der Waals surface area contributed by atoms with Crippen LogP contribution < -0.4 is 10.4 Å². The number of nitrogens with one attached hydrogen (secondary N) is 1. The van der Waals surface area contributed by atoms with Crippen molar-refractivity contribution in [3.8, 4) is 5.75 Å². The Morgan fingerprint density at radius 1 is 0.786 bits per heavy atom. The molecule has 0 spiro atoms. The molecule has 142 valence electrons. The van der Waals surface area contributed by atoms with E-state index in [1.54, 1.807) is 0 Å². The average molecular weight is 373 g/mol. The summed E-state index contributed by atoms with van der Waals surface area (Å²) < 4.78 is 9.48. The topological polar surface area (TPSA) is 63.2 Å². The Morgan fingerprint density at radius 2 is 1.36 bits per heavy atom. The molecule has 1 atom stereocenters. The van der Waals surface area contributed by atoms with Gasteiger partial charge in [0, 0.05) is 0 Å². The Morgan fingerprint density at radius 3 is 2.04 bits per heavy atom. The van der Waals surface area contributed by atoms with Gasteiger partial charge >= 0.3 is 0 Å². The molecule has 1 heterocycles. The van der Waals surface area contributed by atoms with Crippen molar-refractivity contribution < 1.29 is 9.84 Å². The van der Waals surface area contributed by atoms with Crippen molar-refractivity contribution in [1.29, 1.82) is 5.41 Å². The number of aromatic nitrogens is 2. The number of rotatable bonds is 7. The van der Waals surface area contributed by atoms with Gasteiger partial charge in [0.15, 0.2) is 0 Å². The number of nitrogens with zero attached hydrogens (tertiary/aromatic N) is 2. The van der Waals surface area contributed by atoms with Crippen molar-refractivity contribution >= 4 is 11.0 Å². The molecule has 0 bridgehead atoms. The van der Waals surface area contributed by atoms with E-state index in [1.807, 2.05) is 81.9 Å². The molecule has 0 fully saturated rings. The van der Waals surface area contributed by atoms with Gasteiger partial charge in [-0.15, -0.1) is 0 Å². The van der Waals surface area contributed by atoms with Crippen molar-refractivity contribution in [2.45, 2.75) is 19.2 Å². The standard InChI is InChI=1S/C23H23N3O2/c24-23-25(15-18-9-3-1-4-10-18)21-13-7-8-14-22(21)26(23)16-19(27)17-28-20-11-5-2-6-12-20/h1-14,19,24,27H,15-17H2/t19-/m0/s1. The summed E-state index contributed by atoms with van der Waals surface area (Å²) >= 11 is 0. The first-order valence-corrected chi connectivity index (χ1v) is 9.35. The zero-order valence-corrected chi connectivity index (χ0v) is 15.5. The summed E-state index contributed by atoms with van der Waals surface area (Å²) in [5.41, 5.74) is 3.41. The van der Waals surface area contributed by atoms with E-state index in [-0.39, 0.29) is 6.61 Å². The van der Waals surface area contributed by atoms with Crippen LogP contribution in [0.2, 0.25) is 0 Å². The minimum absolute atomic E-state index is 0.175. The van der Waals surface area contributed by atoms with Crippen LogP contribution in [0.4, 0.5) is 0 Å². The molecule has 0 aliphatic heterocycles. The molecular formula is C23H23N3O2. The zero-order valence-electron chi connectivity index (χ0n) is 15.5. The van der Waals surface area contributed by atoms with Crippen molar-refractivity contribution in [3.05, 3.63) is 96.1 Å². The van der Waals surface area contributed by atoms with Crippen LogP contribution in [-0.4, -0.2) is 27.0 Å². The molecule has 5 heteroatoms. The molecule has 0 radical (unpaired) electrons. The van der Waals surface area contributed by atoms with E-state index in [1.165, 1.54) is 0 Å². The number of benzene rings is 3. The van der Waals surface area contributed by atoms with Gasteiger partial charge in [-0.05, 0) is 29.8 Å². The largest absolute Gasteiger partial charge is 0.491 e. The zero-order chi connectivity index (χ0) is 19.3. The SMILES string of the molecule is N=c1n(Cc2ccccc2)c2ccccc2n1C[C@H](O)COc1ccccc1. The lowest BCUT2D eigenvalue weighted by Crippen LogP contribution is -2.31. The molecule has 5 nitrogen and oxygen atoms in total. The smallest absolute Gasteiger partial charge is 0.203 e. The number of hydrogen-bond donors (Lipinski definition) is 2. The molecule has 4 rings (SSSR count). The van der Waals surface area contributed by atoms with Crippen LogP contribution in [0.3, 0.4) is 0 Å².